The minimum atomic E-state index is -4.95. The molecule has 5 atom stereocenters. The number of allylic oxidation sites excluding steroid dienone is 28. The first kappa shape index (κ1) is 99.9. The predicted molar refractivity (Wildman–Crippen MR) is 435 cm³/mol. The second-order valence-electron chi connectivity index (χ2n) is 26.5. The van der Waals surface area contributed by atoms with Crippen LogP contribution < -0.4 is 0 Å². The summed E-state index contributed by atoms with van der Waals surface area (Å²) in [6.45, 7) is 2.31. The second-order valence-corrected chi connectivity index (χ2v) is 29.4. The number of phosphoric ester groups is 2. The van der Waals surface area contributed by atoms with E-state index in [1.165, 1.54) is 83.5 Å². The van der Waals surface area contributed by atoms with Gasteiger partial charge in [0.05, 0.1) is 26.4 Å². The first-order chi connectivity index (χ1) is 51.2. The van der Waals surface area contributed by atoms with E-state index in [2.05, 4.69) is 191 Å². The lowest BCUT2D eigenvalue weighted by atomic mass is 10.0. The number of unbranched alkanes of at least 4 members (excludes halogenated alkanes) is 24. The highest BCUT2D eigenvalue weighted by Gasteiger charge is 2.29. The Kier molecular flexibility index (Phi) is 74.7. The first-order valence-corrected chi connectivity index (χ1v) is 43.4. The number of carbonyl (C=O) groups is 3. The quantitative estimate of drug-likeness (QED) is 0.0146. The molecule has 0 bridgehead atoms. The Morgan fingerprint density at radius 3 is 0.819 bits per heavy atom. The van der Waals surface area contributed by atoms with E-state index >= 15 is 0 Å². The number of phosphoric acid groups is 2. The fraction of sp³-hybridized carbons (Fsp3) is 0.644. The molecule has 16 nitrogen and oxygen atoms in total. The fourth-order valence-electron chi connectivity index (χ4n) is 10.3. The molecule has 0 aromatic carbocycles. The normalized spacial score (nSPS) is 14.8. The molecule has 598 valence electrons. The zero-order chi connectivity index (χ0) is 76.6. The lowest BCUT2D eigenvalue weighted by Gasteiger charge is -2.21. The standard InChI is InChI=1S/C87H144O16P2/c1-4-7-10-13-16-19-22-25-27-29-31-33-34-35-36-37-38-39-40-41-42-43-44-45-46-48-50-51-53-56-58-61-64-67-70-73-85(90)97-76-82(88)77-99-104(93,94)100-78-83(89)79-101-105(95,96)102-81-84(103-87(92)75-72-69-66-63-60-55-24-21-18-15-12-9-6-3)80-98-86(91)74-71-68-65-62-59-57-54-52-49-47-32-30-28-26-23-20-17-14-11-8-5-2/h7-8,10-12,15-17,19-21,24-28,31-33,35-36,38-39,47,52,54,59,62,82-84,88-89H,4-6,9,13-14,18,22-23,29-30,34,37,40-46,48-51,53,55-58,60-61,63-81H2,1-3H3,(H,93,94)(H,95,96)/b10-7-,11-8-,15-12-,19-16-,20-17-,24-21-,27-25-,28-26-,33-31-,36-35-,39-38-,47-32-,54-52-,62-59-. The van der Waals surface area contributed by atoms with Crippen molar-refractivity contribution in [2.75, 3.05) is 39.6 Å². The molecule has 18 heteroatoms. The molecule has 0 aliphatic rings. The van der Waals surface area contributed by atoms with E-state index in [4.69, 9.17) is 32.3 Å². The summed E-state index contributed by atoms with van der Waals surface area (Å²) in [4.78, 5) is 58.6. The number of esters is 3. The largest absolute Gasteiger partial charge is 0.472 e. The van der Waals surface area contributed by atoms with E-state index in [-0.39, 0.29) is 19.3 Å². The third-order valence-corrected chi connectivity index (χ3v) is 18.3. The molecule has 0 radical (unpaired) electrons. The minimum Gasteiger partial charge on any atom is -0.463 e. The molecular weight excluding hydrogens is 1360 g/mol. The molecule has 0 amide bonds. The Morgan fingerprint density at radius 1 is 0.276 bits per heavy atom. The van der Waals surface area contributed by atoms with Gasteiger partial charge in [-0.2, -0.15) is 0 Å². The minimum absolute atomic E-state index is 0.0736. The maximum atomic E-state index is 12.9. The van der Waals surface area contributed by atoms with Gasteiger partial charge < -0.3 is 34.2 Å². The summed E-state index contributed by atoms with van der Waals surface area (Å²) in [6, 6.07) is 0. The second kappa shape index (κ2) is 78.5. The lowest BCUT2D eigenvalue weighted by molar-refractivity contribution is -0.161. The molecule has 0 saturated carbocycles. The van der Waals surface area contributed by atoms with Gasteiger partial charge in [0, 0.05) is 19.3 Å². The summed E-state index contributed by atoms with van der Waals surface area (Å²) in [7, 11) is -9.81. The number of ether oxygens (including phenoxy) is 3. The van der Waals surface area contributed by atoms with Crippen molar-refractivity contribution >= 4 is 33.6 Å². The van der Waals surface area contributed by atoms with E-state index < -0.39 is 91.5 Å². The summed E-state index contributed by atoms with van der Waals surface area (Å²) in [6.07, 6.45) is 100. The van der Waals surface area contributed by atoms with Crippen molar-refractivity contribution in [3.63, 3.8) is 0 Å². The van der Waals surface area contributed by atoms with E-state index in [9.17, 15) is 43.5 Å². The zero-order valence-corrected chi connectivity index (χ0v) is 67.1. The van der Waals surface area contributed by atoms with Crippen LogP contribution in [0.1, 0.15) is 303 Å². The predicted octanol–water partition coefficient (Wildman–Crippen LogP) is 24.0. The number of hydrogen-bond acceptors (Lipinski definition) is 14. The molecule has 0 aromatic heterocycles. The molecule has 5 unspecified atom stereocenters. The molecule has 0 saturated heterocycles. The van der Waals surface area contributed by atoms with Crippen LogP contribution in [0.3, 0.4) is 0 Å². The third kappa shape index (κ3) is 79.8. The molecule has 0 aliphatic heterocycles. The topological polar surface area (TPSA) is 231 Å². The summed E-state index contributed by atoms with van der Waals surface area (Å²) in [5.41, 5.74) is 0. The van der Waals surface area contributed by atoms with Crippen molar-refractivity contribution in [1.29, 1.82) is 0 Å². The molecule has 0 aliphatic carbocycles. The number of hydrogen-bond donors (Lipinski definition) is 4. The van der Waals surface area contributed by atoms with Crippen LogP contribution in [-0.4, -0.2) is 95.9 Å². The van der Waals surface area contributed by atoms with E-state index in [0.717, 1.165) is 161 Å². The van der Waals surface area contributed by atoms with Crippen LogP contribution in [0.5, 0.6) is 0 Å². The van der Waals surface area contributed by atoms with Crippen LogP contribution in [0, 0.1) is 0 Å². The highest BCUT2D eigenvalue weighted by atomic mass is 31.2. The maximum Gasteiger partial charge on any atom is 0.472 e. The van der Waals surface area contributed by atoms with E-state index in [1.807, 2.05) is 0 Å². The van der Waals surface area contributed by atoms with Gasteiger partial charge in [0.15, 0.2) is 6.10 Å². The Morgan fingerprint density at radius 2 is 0.505 bits per heavy atom. The van der Waals surface area contributed by atoms with Crippen LogP contribution in [0.15, 0.2) is 170 Å². The molecule has 0 heterocycles. The summed E-state index contributed by atoms with van der Waals surface area (Å²) >= 11 is 0. The van der Waals surface area contributed by atoms with Crippen molar-refractivity contribution in [3.05, 3.63) is 170 Å². The van der Waals surface area contributed by atoms with Gasteiger partial charge in [0.25, 0.3) is 0 Å². The van der Waals surface area contributed by atoms with Crippen molar-refractivity contribution in [2.45, 2.75) is 322 Å². The molecule has 0 fully saturated rings. The molecule has 0 rings (SSSR count). The lowest BCUT2D eigenvalue weighted by Crippen LogP contribution is -2.30. The average molecular weight is 1510 g/mol. The van der Waals surface area contributed by atoms with Crippen molar-refractivity contribution < 1.29 is 75.8 Å². The Balaban J connectivity index is 4.44. The number of aliphatic hydroxyl groups is 2. The Hall–Kier alpha value is -5.09. The summed E-state index contributed by atoms with van der Waals surface area (Å²) < 4.78 is 61.0. The summed E-state index contributed by atoms with van der Waals surface area (Å²) in [5.74, 6) is -1.65. The van der Waals surface area contributed by atoms with Crippen LogP contribution in [0.25, 0.3) is 0 Å². The van der Waals surface area contributed by atoms with Gasteiger partial charge in [-0.1, -0.05) is 306 Å². The maximum absolute atomic E-state index is 12.9. The van der Waals surface area contributed by atoms with Crippen molar-refractivity contribution in [3.8, 4) is 0 Å². The van der Waals surface area contributed by atoms with Crippen molar-refractivity contribution in [1.82, 2.24) is 0 Å². The average Bonchev–Trinajstić information content (AvgIpc) is 1.03. The van der Waals surface area contributed by atoms with E-state index in [0.29, 0.717) is 19.3 Å². The van der Waals surface area contributed by atoms with Crippen LogP contribution in [0.4, 0.5) is 0 Å². The van der Waals surface area contributed by atoms with Gasteiger partial charge in [-0.3, -0.25) is 32.5 Å². The molecular formula is C87H144O16P2. The third-order valence-electron chi connectivity index (χ3n) is 16.4. The van der Waals surface area contributed by atoms with Crippen LogP contribution in [-0.2, 0) is 55.8 Å². The Labute approximate surface area is 637 Å². The highest BCUT2D eigenvalue weighted by Crippen LogP contribution is 2.45. The van der Waals surface area contributed by atoms with Gasteiger partial charge in [0.2, 0.25) is 0 Å². The number of carbonyl (C=O) groups excluding carboxylic acids is 3. The molecule has 105 heavy (non-hydrogen) atoms. The highest BCUT2D eigenvalue weighted by molar-refractivity contribution is 7.47. The first-order valence-electron chi connectivity index (χ1n) is 40.4. The van der Waals surface area contributed by atoms with Gasteiger partial charge in [0.1, 0.15) is 25.4 Å². The zero-order valence-electron chi connectivity index (χ0n) is 65.3. The Bertz CT molecular complexity index is 2590. The van der Waals surface area contributed by atoms with Gasteiger partial charge in [-0.15, -0.1) is 0 Å². The SMILES string of the molecule is CC/C=C\C/C=C\C/C=C\C/C=C\C/C=C\C/C=C\CCCCCCCCCCCCCCCCCCC(=O)OCC(O)COP(=O)(O)OCC(O)COP(=O)(O)OCC(COC(=O)CCCC/C=C\C/C=C\C/C=C\C/C=C\C/C=C\C/C=C\CC)OC(=O)CCCCCCC/C=C\C/C=C\CCC. The van der Waals surface area contributed by atoms with Crippen molar-refractivity contribution in [2.24, 2.45) is 0 Å². The number of rotatable bonds is 75. The van der Waals surface area contributed by atoms with Gasteiger partial charge in [-0.25, -0.2) is 9.13 Å². The van der Waals surface area contributed by atoms with Gasteiger partial charge >= 0.3 is 33.6 Å². The monoisotopic (exact) mass is 1510 g/mol. The molecule has 4 N–H and O–H groups in total. The van der Waals surface area contributed by atoms with Gasteiger partial charge in [-0.05, 0) is 148 Å². The van der Waals surface area contributed by atoms with E-state index in [1.54, 1.807) is 0 Å². The summed E-state index contributed by atoms with van der Waals surface area (Å²) in [5, 5.41) is 20.6. The van der Waals surface area contributed by atoms with Crippen LogP contribution in [0.2, 0.25) is 0 Å². The number of aliphatic hydroxyl groups excluding tert-OH is 2. The fourth-order valence-corrected chi connectivity index (χ4v) is 11.9. The van der Waals surface area contributed by atoms with Crippen LogP contribution >= 0.6 is 15.6 Å². The molecule has 0 spiro atoms. The smallest absolute Gasteiger partial charge is 0.463 e. The molecule has 0 aromatic rings.